The fourth-order valence-corrected chi connectivity index (χ4v) is 4.64. The Morgan fingerprint density at radius 2 is 2.08 bits per heavy atom. The van der Waals surface area contributed by atoms with Crippen LogP contribution in [0.2, 0.25) is 4.34 Å². The maximum Gasteiger partial charge on any atom is 0.195 e. The van der Waals surface area contributed by atoms with Gasteiger partial charge in [0, 0.05) is 29.7 Å². The van der Waals surface area contributed by atoms with E-state index in [-0.39, 0.29) is 11.9 Å². The zero-order valence-corrected chi connectivity index (χ0v) is 16.1. The molecule has 0 radical (unpaired) electrons. The summed E-state index contributed by atoms with van der Waals surface area (Å²) in [5.74, 6) is 0.108. The lowest BCUT2D eigenvalue weighted by atomic mass is 10.0. The quantitative estimate of drug-likeness (QED) is 0.691. The molecule has 0 bridgehead atoms. The third kappa shape index (κ3) is 3.18. The van der Waals surface area contributed by atoms with Crippen LogP contribution in [0.4, 0.5) is 0 Å². The molecular formula is C19H20ClN3O2S. The summed E-state index contributed by atoms with van der Waals surface area (Å²) in [6.45, 7) is 3.85. The molecule has 5 nitrogen and oxygen atoms in total. The number of thiazole rings is 1. The highest BCUT2D eigenvalue weighted by molar-refractivity contribution is 7.18. The van der Waals surface area contributed by atoms with Crippen molar-refractivity contribution in [3.8, 4) is 5.13 Å². The molecule has 7 heteroatoms. The molecule has 1 aromatic carbocycles. The van der Waals surface area contributed by atoms with Crippen LogP contribution in [0.3, 0.4) is 0 Å². The molecule has 1 saturated heterocycles. The van der Waals surface area contributed by atoms with Gasteiger partial charge in [-0.05, 0) is 25.8 Å². The Morgan fingerprint density at radius 3 is 2.77 bits per heavy atom. The van der Waals surface area contributed by atoms with Crippen LogP contribution in [0.5, 0.6) is 0 Å². The number of aromatic nitrogens is 2. The maximum absolute atomic E-state index is 13.1. The van der Waals surface area contributed by atoms with Crippen molar-refractivity contribution in [2.45, 2.75) is 25.9 Å². The van der Waals surface area contributed by atoms with Crippen LogP contribution < -0.4 is 0 Å². The van der Waals surface area contributed by atoms with Gasteiger partial charge in [0.1, 0.15) is 4.34 Å². The molecule has 1 fully saturated rings. The maximum atomic E-state index is 13.1. The summed E-state index contributed by atoms with van der Waals surface area (Å²) in [5.41, 5.74) is 2.60. The first kappa shape index (κ1) is 17.7. The zero-order valence-electron chi connectivity index (χ0n) is 14.5. The molecule has 0 atom stereocenters. The highest BCUT2D eigenvalue weighted by Gasteiger charge is 2.25. The van der Waals surface area contributed by atoms with Crippen molar-refractivity contribution in [3.05, 3.63) is 46.1 Å². The van der Waals surface area contributed by atoms with E-state index in [1.54, 1.807) is 6.20 Å². The molecule has 136 valence electrons. The van der Waals surface area contributed by atoms with Crippen LogP contribution >= 0.6 is 22.9 Å². The Labute approximate surface area is 160 Å². The third-order valence-corrected chi connectivity index (χ3v) is 6.07. The summed E-state index contributed by atoms with van der Waals surface area (Å²) < 4.78 is 2.64. The monoisotopic (exact) mass is 389 g/mol. The number of likely N-dealkylation sites (tertiary alicyclic amines) is 1. The Bertz CT molecular complexity index is 957. The molecule has 3 heterocycles. The number of hydrogen-bond donors (Lipinski definition) is 1. The van der Waals surface area contributed by atoms with Gasteiger partial charge >= 0.3 is 0 Å². The number of nitrogens with zero attached hydrogens (tertiary/aromatic N) is 3. The number of benzene rings is 1. The van der Waals surface area contributed by atoms with Gasteiger partial charge in [-0.25, -0.2) is 4.98 Å². The number of fused-ring (bicyclic) bond motifs is 1. The van der Waals surface area contributed by atoms with Gasteiger partial charge in [0.15, 0.2) is 10.9 Å². The van der Waals surface area contributed by atoms with E-state index in [9.17, 15) is 9.90 Å². The van der Waals surface area contributed by atoms with Gasteiger partial charge in [-0.15, -0.1) is 0 Å². The number of carbonyl (C=O) groups excluding carboxylic acids is 1. The Morgan fingerprint density at radius 1 is 1.35 bits per heavy atom. The van der Waals surface area contributed by atoms with Gasteiger partial charge in [-0.3, -0.25) is 14.3 Å². The number of rotatable bonds is 4. The minimum Gasteiger partial charge on any atom is -0.393 e. The van der Waals surface area contributed by atoms with E-state index in [4.69, 9.17) is 11.6 Å². The number of hydrogen-bond acceptors (Lipinski definition) is 5. The Balaban J connectivity index is 1.73. The predicted octanol–water partition coefficient (Wildman–Crippen LogP) is 3.69. The normalized spacial score (nSPS) is 16.4. The molecule has 1 aliphatic rings. The van der Waals surface area contributed by atoms with Crippen molar-refractivity contribution in [3.63, 3.8) is 0 Å². The van der Waals surface area contributed by atoms with Crippen molar-refractivity contribution in [2.75, 3.05) is 19.6 Å². The lowest BCUT2D eigenvalue weighted by molar-refractivity contribution is 0.0711. The molecular weight excluding hydrogens is 370 g/mol. The topological polar surface area (TPSA) is 58.4 Å². The van der Waals surface area contributed by atoms with Crippen LogP contribution in [-0.2, 0) is 0 Å². The number of aliphatic hydroxyl groups is 1. The average molecular weight is 390 g/mol. The van der Waals surface area contributed by atoms with Gasteiger partial charge < -0.3 is 5.11 Å². The summed E-state index contributed by atoms with van der Waals surface area (Å²) in [6.07, 6.45) is 2.85. The minimum absolute atomic E-state index is 0.108. The molecule has 26 heavy (non-hydrogen) atoms. The first-order valence-electron chi connectivity index (χ1n) is 8.70. The lowest BCUT2D eigenvalue weighted by Crippen LogP contribution is -2.39. The van der Waals surface area contributed by atoms with Crippen molar-refractivity contribution in [1.29, 1.82) is 0 Å². The minimum atomic E-state index is -0.236. The molecule has 1 aliphatic heterocycles. The van der Waals surface area contributed by atoms with Crippen LogP contribution in [0.1, 0.15) is 28.9 Å². The van der Waals surface area contributed by atoms with Crippen LogP contribution in [0.15, 0.2) is 30.5 Å². The highest BCUT2D eigenvalue weighted by Crippen LogP contribution is 2.32. The number of carbonyl (C=O) groups is 1. The fraction of sp³-hybridized carbons (Fsp3) is 0.368. The molecule has 3 aromatic rings. The molecule has 0 unspecified atom stereocenters. The van der Waals surface area contributed by atoms with Crippen LogP contribution in [0.25, 0.3) is 16.0 Å². The van der Waals surface area contributed by atoms with E-state index < -0.39 is 0 Å². The molecule has 1 N–H and O–H groups in total. The molecule has 0 aliphatic carbocycles. The molecule has 0 spiro atoms. The molecule has 2 aromatic heterocycles. The number of para-hydroxylation sites is 1. The first-order chi connectivity index (χ1) is 12.5. The van der Waals surface area contributed by atoms with Gasteiger partial charge in [0.05, 0.1) is 24.4 Å². The van der Waals surface area contributed by atoms with E-state index in [2.05, 4.69) is 9.88 Å². The second kappa shape index (κ2) is 7.12. The van der Waals surface area contributed by atoms with Crippen LogP contribution in [-0.4, -0.2) is 51.1 Å². The molecule has 0 saturated carbocycles. The standard InChI is InChI=1S/C19H20ClN3O2S/c1-12-18(16(25)11-22-8-6-13(24)7-9-22)14-4-2-3-5-15(14)23(12)19-21-10-17(20)26-19/h2-5,10,13,24H,6-9,11H2,1H3. The smallest absolute Gasteiger partial charge is 0.195 e. The number of aliphatic hydroxyl groups excluding tert-OH is 1. The predicted molar refractivity (Wildman–Crippen MR) is 105 cm³/mol. The van der Waals surface area contributed by atoms with Crippen molar-refractivity contribution in [1.82, 2.24) is 14.5 Å². The summed E-state index contributed by atoms with van der Waals surface area (Å²) in [7, 11) is 0. The average Bonchev–Trinajstić information content (AvgIpc) is 3.17. The first-order valence-corrected chi connectivity index (χ1v) is 9.89. The molecule has 4 rings (SSSR count). The van der Waals surface area contributed by atoms with E-state index in [1.807, 2.05) is 35.8 Å². The highest BCUT2D eigenvalue weighted by atomic mass is 35.5. The molecule has 0 amide bonds. The summed E-state index contributed by atoms with van der Waals surface area (Å²) in [5, 5.41) is 11.4. The SMILES string of the molecule is Cc1c(C(=O)CN2CCC(O)CC2)c2ccccc2n1-c1ncc(Cl)s1. The number of halogens is 1. The number of piperidine rings is 1. The van der Waals surface area contributed by atoms with Gasteiger partial charge in [-0.1, -0.05) is 41.1 Å². The van der Waals surface area contributed by atoms with E-state index in [0.717, 1.165) is 53.2 Å². The van der Waals surface area contributed by atoms with Gasteiger partial charge in [0.2, 0.25) is 0 Å². The van der Waals surface area contributed by atoms with E-state index in [1.165, 1.54) is 11.3 Å². The summed E-state index contributed by atoms with van der Waals surface area (Å²) in [4.78, 5) is 19.6. The van der Waals surface area contributed by atoms with Gasteiger partial charge in [-0.2, -0.15) is 0 Å². The number of Topliss-reactive ketones (excluding diaryl/α,β-unsaturated/α-hetero) is 1. The van der Waals surface area contributed by atoms with E-state index in [0.29, 0.717) is 10.9 Å². The van der Waals surface area contributed by atoms with Crippen molar-refractivity contribution >= 4 is 39.6 Å². The summed E-state index contributed by atoms with van der Waals surface area (Å²) >= 11 is 7.47. The fourth-order valence-electron chi connectivity index (χ4n) is 3.67. The van der Waals surface area contributed by atoms with Gasteiger partial charge in [0.25, 0.3) is 0 Å². The third-order valence-electron chi connectivity index (χ3n) is 4.97. The lowest BCUT2D eigenvalue weighted by Gasteiger charge is -2.28. The second-order valence-corrected chi connectivity index (χ2v) is 8.33. The van der Waals surface area contributed by atoms with Crippen molar-refractivity contribution < 1.29 is 9.90 Å². The zero-order chi connectivity index (χ0) is 18.3. The van der Waals surface area contributed by atoms with Crippen molar-refractivity contribution in [2.24, 2.45) is 0 Å². The number of ketones is 1. The largest absolute Gasteiger partial charge is 0.393 e. The Kier molecular flexibility index (Phi) is 4.84. The summed E-state index contributed by atoms with van der Waals surface area (Å²) in [6, 6.07) is 7.91. The Hall–Kier alpha value is -1.73. The second-order valence-electron chi connectivity index (χ2n) is 6.69. The van der Waals surface area contributed by atoms with E-state index >= 15 is 0 Å². The van der Waals surface area contributed by atoms with Crippen LogP contribution in [0, 0.1) is 6.92 Å².